The Morgan fingerprint density at radius 2 is 0.776 bits per heavy atom. The average molecular weight is 691 g/mol. The van der Waals surface area contributed by atoms with Crippen LogP contribution in [-0.2, 0) is 23.9 Å². The van der Waals surface area contributed by atoms with E-state index >= 15 is 0 Å². The zero-order valence-corrected chi connectivity index (χ0v) is 32.2. The van der Waals surface area contributed by atoms with Gasteiger partial charge in [0.25, 0.3) is 0 Å². The van der Waals surface area contributed by atoms with Gasteiger partial charge in [0.2, 0.25) is 5.91 Å². The third-order valence-electron chi connectivity index (χ3n) is 9.06. The van der Waals surface area contributed by atoms with E-state index in [1.807, 2.05) is 0 Å². The number of rotatable bonds is 37. The molecule has 7 nitrogen and oxygen atoms in total. The standard InChI is InChI=1S/C42H78N2O5/c1-3-5-7-9-11-13-15-17-19-21-23-25-27-29-31-33-41(46)48-37-35-44(40(45)39-43)36-38-49-42(47)34-32-30-28-26-24-22-20-18-16-14-12-10-8-6-4-2/h17-20H,3-16,21-39,43H2,1-2H3. The molecule has 0 aliphatic rings. The Labute approximate surface area is 302 Å². The van der Waals surface area contributed by atoms with E-state index in [1.54, 1.807) is 0 Å². The molecule has 0 saturated heterocycles. The van der Waals surface area contributed by atoms with Crippen LogP contribution in [0.4, 0.5) is 0 Å². The van der Waals surface area contributed by atoms with Gasteiger partial charge in [0, 0.05) is 12.8 Å². The Bertz CT molecular complexity index is 755. The minimum Gasteiger partial charge on any atom is -0.464 e. The van der Waals surface area contributed by atoms with Crippen molar-refractivity contribution in [2.45, 2.75) is 194 Å². The lowest BCUT2D eigenvalue weighted by atomic mass is 10.1. The van der Waals surface area contributed by atoms with Crippen LogP contribution >= 0.6 is 0 Å². The van der Waals surface area contributed by atoms with Crippen LogP contribution in [0.1, 0.15) is 194 Å². The predicted octanol–water partition coefficient (Wildman–Crippen LogP) is 10.9. The molecule has 0 atom stereocenters. The number of carbonyl (C=O) groups excluding carboxylic acids is 3. The van der Waals surface area contributed by atoms with Crippen LogP contribution in [0.3, 0.4) is 0 Å². The zero-order valence-electron chi connectivity index (χ0n) is 32.2. The van der Waals surface area contributed by atoms with Crippen LogP contribution in [0, 0.1) is 0 Å². The van der Waals surface area contributed by atoms with E-state index in [0.717, 1.165) is 51.4 Å². The summed E-state index contributed by atoms with van der Waals surface area (Å²) in [5, 5.41) is 0. The van der Waals surface area contributed by atoms with Crippen molar-refractivity contribution in [3.63, 3.8) is 0 Å². The Morgan fingerprint density at radius 1 is 0.469 bits per heavy atom. The second-order valence-corrected chi connectivity index (χ2v) is 13.7. The molecule has 286 valence electrons. The number of nitrogens with zero attached hydrogens (tertiary/aromatic N) is 1. The Balaban J connectivity index is 3.75. The Morgan fingerprint density at radius 3 is 1.10 bits per heavy atom. The molecular weight excluding hydrogens is 612 g/mol. The molecule has 49 heavy (non-hydrogen) atoms. The van der Waals surface area contributed by atoms with Crippen LogP contribution in [0.15, 0.2) is 24.3 Å². The van der Waals surface area contributed by atoms with Gasteiger partial charge in [-0.15, -0.1) is 0 Å². The summed E-state index contributed by atoms with van der Waals surface area (Å²) in [7, 11) is 0. The van der Waals surface area contributed by atoms with Gasteiger partial charge in [-0.2, -0.15) is 0 Å². The van der Waals surface area contributed by atoms with Crippen molar-refractivity contribution in [3.05, 3.63) is 24.3 Å². The number of unbranched alkanes of at least 4 members (excludes halogenated alkanes) is 22. The summed E-state index contributed by atoms with van der Waals surface area (Å²) >= 11 is 0. The van der Waals surface area contributed by atoms with E-state index in [4.69, 9.17) is 15.2 Å². The highest BCUT2D eigenvalue weighted by Crippen LogP contribution is 2.12. The molecule has 0 aromatic carbocycles. The maximum absolute atomic E-state index is 12.2. The average Bonchev–Trinajstić information content (AvgIpc) is 3.10. The highest BCUT2D eigenvalue weighted by atomic mass is 16.5. The molecule has 0 bridgehead atoms. The topological polar surface area (TPSA) is 98.9 Å². The summed E-state index contributed by atoms with van der Waals surface area (Å²) in [6.45, 7) is 5.13. The first kappa shape index (κ1) is 46.9. The van der Waals surface area contributed by atoms with E-state index in [9.17, 15) is 14.4 Å². The molecule has 0 spiro atoms. The first-order chi connectivity index (χ1) is 24.0. The quantitative estimate of drug-likeness (QED) is 0.0396. The third-order valence-corrected chi connectivity index (χ3v) is 9.06. The minimum atomic E-state index is -0.249. The van der Waals surface area contributed by atoms with E-state index < -0.39 is 0 Å². The molecule has 0 rings (SSSR count). The number of allylic oxidation sites excluding steroid dienone is 4. The largest absolute Gasteiger partial charge is 0.464 e. The van der Waals surface area contributed by atoms with Crippen LogP contribution in [0.5, 0.6) is 0 Å². The lowest BCUT2D eigenvalue weighted by Crippen LogP contribution is -2.40. The normalized spacial score (nSPS) is 11.5. The van der Waals surface area contributed by atoms with Crippen molar-refractivity contribution >= 4 is 17.8 Å². The summed E-state index contributed by atoms with van der Waals surface area (Å²) in [5.41, 5.74) is 5.56. The molecule has 0 aromatic rings. The Kier molecular flexibility index (Phi) is 37.0. The zero-order chi connectivity index (χ0) is 35.9. The van der Waals surface area contributed by atoms with Gasteiger partial charge in [-0.05, 0) is 64.2 Å². The number of amides is 1. The molecular formula is C42H78N2O5. The fourth-order valence-corrected chi connectivity index (χ4v) is 5.85. The van der Waals surface area contributed by atoms with E-state index in [-0.39, 0.29) is 50.7 Å². The second-order valence-electron chi connectivity index (χ2n) is 13.7. The molecule has 1 amide bonds. The summed E-state index contributed by atoms with van der Waals surface area (Å²) in [6, 6.07) is 0. The van der Waals surface area contributed by atoms with Gasteiger partial charge >= 0.3 is 11.9 Å². The molecule has 0 unspecified atom stereocenters. The highest BCUT2D eigenvalue weighted by molar-refractivity contribution is 5.78. The van der Waals surface area contributed by atoms with Gasteiger partial charge < -0.3 is 20.1 Å². The van der Waals surface area contributed by atoms with Gasteiger partial charge in [0.15, 0.2) is 0 Å². The maximum Gasteiger partial charge on any atom is 0.305 e. The number of ether oxygens (including phenoxy) is 2. The number of hydrogen-bond donors (Lipinski definition) is 1. The van der Waals surface area contributed by atoms with Gasteiger partial charge in [-0.3, -0.25) is 14.4 Å². The molecule has 7 heteroatoms. The summed E-state index contributed by atoms with van der Waals surface area (Å²) in [6.07, 6.45) is 41.8. The van der Waals surface area contributed by atoms with E-state index in [0.29, 0.717) is 12.8 Å². The lowest BCUT2D eigenvalue weighted by molar-refractivity contribution is -0.147. The van der Waals surface area contributed by atoms with Crippen LogP contribution in [0.2, 0.25) is 0 Å². The molecule has 0 heterocycles. The number of esters is 2. The van der Waals surface area contributed by atoms with Gasteiger partial charge in [0.1, 0.15) is 13.2 Å². The fourth-order valence-electron chi connectivity index (χ4n) is 5.85. The van der Waals surface area contributed by atoms with Crippen molar-refractivity contribution in [2.24, 2.45) is 5.73 Å². The molecule has 0 aliphatic heterocycles. The monoisotopic (exact) mass is 691 g/mol. The van der Waals surface area contributed by atoms with Crippen molar-refractivity contribution in [3.8, 4) is 0 Å². The van der Waals surface area contributed by atoms with E-state index in [2.05, 4.69) is 38.2 Å². The molecule has 2 N–H and O–H groups in total. The molecule has 0 aromatic heterocycles. The van der Waals surface area contributed by atoms with Crippen molar-refractivity contribution in [2.75, 3.05) is 32.8 Å². The third kappa shape index (κ3) is 35.5. The highest BCUT2D eigenvalue weighted by Gasteiger charge is 2.14. The second kappa shape index (κ2) is 38.6. The van der Waals surface area contributed by atoms with E-state index in [1.165, 1.54) is 120 Å². The van der Waals surface area contributed by atoms with Gasteiger partial charge in [-0.25, -0.2) is 0 Å². The first-order valence-electron chi connectivity index (χ1n) is 20.6. The molecule has 0 aliphatic carbocycles. The van der Waals surface area contributed by atoms with Crippen molar-refractivity contribution in [1.82, 2.24) is 4.90 Å². The van der Waals surface area contributed by atoms with Crippen molar-refractivity contribution < 1.29 is 23.9 Å². The summed E-state index contributed by atoms with van der Waals surface area (Å²) in [5.74, 6) is -0.713. The van der Waals surface area contributed by atoms with Crippen LogP contribution in [0.25, 0.3) is 0 Å². The number of hydrogen-bond acceptors (Lipinski definition) is 6. The summed E-state index contributed by atoms with van der Waals surface area (Å²) < 4.78 is 10.7. The molecule has 0 saturated carbocycles. The predicted molar refractivity (Wildman–Crippen MR) is 206 cm³/mol. The maximum atomic E-state index is 12.2. The summed E-state index contributed by atoms with van der Waals surface area (Å²) in [4.78, 5) is 38.0. The van der Waals surface area contributed by atoms with Gasteiger partial charge in [-0.1, -0.05) is 141 Å². The van der Waals surface area contributed by atoms with Gasteiger partial charge in [0.05, 0.1) is 19.6 Å². The van der Waals surface area contributed by atoms with Crippen LogP contribution in [-0.4, -0.2) is 55.6 Å². The number of nitrogens with two attached hydrogens (primary N) is 1. The lowest BCUT2D eigenvalue weighted by Gasteiger charge is -2.21. The fraction of sp³-hybridized carbons (Fsp3) is 0.833. The molecule has 0 radical (unpaired) electrons. The number of carbonyl (C=O) groups is 3. The smallest absolute Gasteiger partial charge is 0.305 e. The first-order valence-corrected chi connectivity index (χ1v) is 20.6. The van der Waals surface area contributed by atoms with Crippen LogP contribution < -0.4 is 5.73 Å². The minimum absolute atomic E-state index is 0.124. The Hall–Kier alpha value is -2.15. The van der Waals surface area contributed by atoms with Crippen molar-refractivity contribution in [1.29, 1.82) is 0 Å². The molecule has 0 fully saturated rings. The SMILES string of the molecule is CCCCCCCCC=CCCCCCCCC(=O)OCCN(CCOC(=O)CCCCCCCC=CCCCCCCCC)C(=O)CN.